The van der Waals surface area contributed by atoms with E-state index < -0.39 is 29.5 Å². The van der Waals surface area contributed by atoms with E-state index in [0.717, 1.165) is 6.08 Å². The highest BCUT2D eigenvalue weighted by Crippen LogP contribution is 2.21. The fourth-order valence-electron chi connectivity index (χ4n) is 2.26. The number of aromatic hydroxyl groups is 1. The molecule has 150 valence electrons. The smallest absolute Gasteiger partial charge is 0.407 e. The van der Waals surface area contributed by atoms with Crippen molar-refractivity contribution < 1.29 is 33.9 Å². The number of hydroxylamine groups is 2. The Kier molecular flexibility index (Phi) is 6.40. The van der Waals surface area contributed by atoms with Crippen molar-refractivity contribution in [2.24, 2.45) is 0 Å². The van der Waals surface area contributed by atoms with Crippen molar-refractivity contribution in [2.75, 3.05) is 0 Å². The Morgan fingerprint density at radius 1 is 1.21 bits per heavy atom. The lowest BCUT2D eigenvalue weighted by Crippen LogP contribution is -2.32. The zero-order valence-electron chi connectivity index (χ0n) is 15.9. The van der Waals surface area contributed by atoms with Crippen molar-refractivity contribution in [1.29, 1.82) is 0 Å². The highest BCUT2D eigenvalue weighted by atomic mass is 16.7. The number of nitrogens with zero attached hydrogens (tertiary/aromatic N) is 1. The molecule has 0 unspecified atom stereocenters. The predicted molar refractivity (Wildman–Crippen MR) is 97.4 cm³/mol. The third-order valence-corrected chi connectivity index (χ3v) is 3.52. The van der Waals surface area contributed by atoms with Crippen LogP contribution in [0.4, 0.5) is 4.79 Å². The van der Waals surface area contributed by atoms with Gasteiger partial charge in [-0.3, -0.25) is 9.59 Å². The first kappa shape index (κ1) is 20.9. The van der Waals surface area contributed by atoms with Crippen LogP contribution in [0.1, 0.15) is 44.7 Å². The molecule has 0 saturated carbocycles. The Bertz CT molecular complexity index is 808. The lowest BCUT2D eigenvalue weighted by Gasteiger charge is -2.19. The standard InChI is InChI=1S/C19H22N2O7/c1-19(2,3)27-18(26)20-11-12-4-5-13(14(22)10-12)6-9-17(25)28-21-15(23)7-8-16(21)24/h4-6,9-10,22H,7-8,11H2,1-3H3,(H,20,26)/b9-6+. The van der Waals surface area contributed by atoms with Gasteiger partial charge in [-0.2, -0.15) is 0 Å². The molecule has 1 aromatic carbocycles. The van der Waals surface area contributed by atoms with E-state index in [2.05, 4.69) is 5.32 Å². The van der Waals surface area contributed by atoms with Crippen molar-refractivity contribution in [3.8, 4) is 5.75 Å². The van der Waals surface area contributed by atoms with E-state index >= 15 is 0 Å². The molecule has 1 aliphatic rings. The normalized spacial score (nSPS) is 14.5. The molecule has 0 aromatic heterocycles. The zero-order chi connectivity index (χ0) is 20.9. The Labute approximate surface area is 161 Å². The number of phenols is 1. The molecule has 9 nitrogen and oxygen atoms in total. The first-order chi connectivity index (χ1) is 13.0. The van der Waals surface area contributed by atoms with Gasteiger partial charge in [0.25, 0.3) is 11.8 Å². The van der Waals surface area contributed by atoms with E-state index in [-0.39, 0.29) is 25.1 Å². The average molecular weight is 390 g/mol. The maximum atomic E-state index is 11.7. The maximum Gasteiger partial charge on any atom is 0.407 e. The summed E-state index contributed by atoms with van der Waals surface area (Å²) in [6.07, 6.45) is 1.72. The Balaban J connectivity index is 1.92. The molecular formula is C19H22N2O7. The second-order valence-corrected chi connectivity index (χ2v) is 7.07. The first-order valence-electron chi connectivity index (χ1n) is 8.60. The molecule has 9 heteroatoms. The predicted octanol–water partition coefficient (Wildman–Crippen LogP) is 2.04. The minimum atomic E-state index is -0.918. The molecule has 1 aliphatic heterocycles. The molecule has 2 rings (SSSR count). The summed E-state index contributed by atoms with van der Waals surface area (Å²) < 4.78 is 5.12. The lowest BCUT2D eigenvalue weighted by molar-refractivity contribution is -0.193. The maximum absolute atomic E-state index is 11.7. The van der Waals surface area contributed by atoms with E-state index in [1.165, 1.54) is 18.2 Å². The van der Waals surface area contributed by atoms with Crippen LogP contribution in [0.5, 0.6) is 5.75 Å². The van der Waals surface area contributed by atoms with Crippen LogP contribution < -0.4 is 5.32 Å². The summed E-state index contributed by atoms with van der Waals surface area (Å²) in [6, 6.07) is 4.61. The first-order valence-corrected chi connectivity index (χ1v) is 8.60. The summed E-state index contributed by atoms with van der Waals surface area (Å²) in [5.41, 5.74) is 0.327. The summed E-state index contributed by atoms with van der Waals surface area (Å²) in [4.78, 5) is 50.9. The van der Waals surface area contributed by atoms with E-state index in [0.29, 0.717) is 16.2 Å². The van der Waals surface area contributed by atoms with Crippen LogP contribution in [0.2, 0.25) is 0 Å². The molecule has 1 saturated heterocycles. The molecule has 0 aliphatic carbocycles. The van der Waals surface area contributed by atoms with Gasteiger partial charge in [0.1, 0.15) is 11.4 Å². The van der Waals surface area contributed by atoms with Gasteiger partial charge in [0, 0.05) is 31.0 Å². The third-order valence-electron chi connectivity index (χ3n) is 3.52. The Morgan fingerprint density at radius 2 is 1.86 bits per heavy atom. The summed E-state index contributed by atoms with van der Waals surface area (Å²) in [5.74, 6) is -2.19. The van der Waals surface area contributed by atoms with Gasteiger partial charge in [0.15, 0.2) is 0 Å². The van der Waals surface area contributed by atoms with Crippen LogP contribution in [0.3, 0.4) is 0 Å². The van der Waals surface area contributed by atoms with E-state index in [1.54, 1.807) is 26.8 Å². The number of carbonyl (C=O) groups is 4. The van der Waals surface area contributed by atoms with Crippen LogP contribution in [-0.4, -0.2) is 39.6 Å². The zero-order valence-corrected chi connectivity index (χ0v) is 15.9. The molecular weight excluding hydrogens is 368 g/mol. The fraction of sp³-hybridized carbons (Fsp3) is 0.368. The SMILES string of the molecule is CC(C)(C)OC(=O)NCc1ccc(/C=C/C(=O)ON2C(=O)CCC2=O)c(O)c1. The minimum Gasteiger partial charge on any atom is -0.507 e. The van der Waals surface area contributed by atoms with E-state index in [1.807, 2.05) is 0 Å². The van der Waals surface area contributed by atoms with Gasteiger partial charge in [-0.15, -0.1) is 5.06 Å². The third kappa shape index (κ3) is 6.11. The molecule has 1 fully saturated rings. The number of phenolic OH excluding ortho intramolecular Hbond substituents is 1. The van der Waals surface area contributed by atoms with Crippen LogP contribution in [0.25, 0.3) is 6.08 Å². The molecule has 2 N–H and O–H groups in total. The highest BCUT2D eigenvalue weighted by Gasteiger charge is 2.32. The van der Waals surface area contributed by atoms with E-state index in [9.17, 15) is 24.3 Å². The quantitative estimate of drug-likeness (QED) is 0.583. The number of hydrogen-bond donors (Lipinski definition) is 2. The fourth-order valence-corrected chi connectivity index (χ4v) is 2.26. The molecule has 1 heterocycles. The molecule has 28 heavy (non-hydrogen) atoms. The summed E-state index contributed by atoms with van der Waals surface area (Å²) in [5, 5.41) is 13.1. The van der Waals surface area contributed by atoms with Crippen molar-refractivity contribution in [3.63, 3.8) is 0 Å². The number of nitrogens with one attached hydrogen (secondary N) is 1. The number of rotatable bonds is 5. The van der Waals surface area contributed by atoms with Gasteiger partial charge < -0.3 is 20.0 Å². The minimum absolute atomic E-state index is 0.00933. The van der Waals surface area contributed by atoms with E-state index in [4.69, 9.17) is 9.57 Å². The Hall–Kier alpha value is -3.36. The largest absolute Gasteiger partial charge is 0.507 e. The number of hydrogen-bond acceptors (Lipinski definition) is 7. The lowest BCUT2D eigenvalue weighted by atomic mass is 10.1. The number of ether oxygens (including phenoxy) is 1. The topological polar surface area (TPSA) is 122 Å². The second-order valence-electron chi connectivity index (χ2n) is 7.07. The average Bonchev–Trinajstić information content (AvgIpc) is 2.89. The van der Waals surface area contributed by atoms with Gasteiger partial charge in [-0.1, -0.05) is 12.1 Å². The van der Waals surface area contributed by atoms with Crippen LogP contribution >= 0.6 is 0 Å². The molecule has 3 amide bonds. The summed E-state index contributed by atoms with van der Waals surface area (Å²) in [7, 11) is 0. The summed E-state index contributed by atoms with van der Waals surface area (Å²) in [6.45, 7) is 5.40. The molecule has 0 spiro atoms. The second kappa shape index (κ2) is 8.55. The monoisotopic (exact) mass is 390 g/mol. The highest BCUT2D eigenvalue weighted by molar-refractivity contribution is 6.02. The number of imide groups is 1. The molecule has 0 radical (unpaired) electrons. The van der Waals surface area contributed by atoms with Gasteiger partial charge in [-0.25, -0.2) is 9.59 Å². The molecule has 0 atom stereocenters. The van der Waals surface area contributed by atoms with Gasteiger partial charge >= 0.3 is 12.1 Å². The number of carbonyl (C=O) groups excluding carboxylic acids is 4. The molecule has 0 bridgehead atoms. The van der Waals surface area contributed by atoms with Crippen LogP contribution in [0, 0.1) is 0 Å². The van der Waals surface area contributed by atoms with Crippen molar-refractivity contribution >= 4 is 30.0 Å². The molecule has 1 aromatic rings. The number of amides is 3. The van der Waals surface area contributed by atoms with Crippen LogP contribution in [0.15, 0.2) is 24.3 Å². The van der Waals surface area contributed by atoms with Crippen LogP contribution in [-0.2, 0) is 30.5 Å². The van der Waals surface area contributed by atoms with Gasteiger partial charge in [0.2, 0.25) is 0 Å². The summed E-state index contributed by atoms with van der Waals surface area (Å²) >= 11 is 0. The number of alkyl carbamates (subject to hydrolysis) is 1. The van der Waals surface area contributed by atoms with Gasteiger partial charge in [0.05, 0.1) is 0 Å². The van der Waals surface area contributed by atoms with Crippen molar-refractivity contribution in [3.05, 3.63) is 35.4 Å². The Morgan fingerprint density at radius 3 is 2.43 bits per heavy atom. The van der Waals surface area contributed by atoms with Crippen molar-refractivity contribution in [2.45, 2.75) is 45.8 Å². The number of benzene rings is 1. The van der Waals surface area contributed by atoms with Gasteiger partial charge in [-0.05, 0) is 38.5 Å². The van der Waals surface area contributed by atoms with Crippen molar-refractivity contribution in [1.82, 2.24) is 10.4 Å².